The molecule has 0 aliphatic carbocycles. The average molecular weight is 318 g/mol. The number of halogens is 1. The molecule has 0 atom stereocenters. The second-order valence-corrected chi connectivity index (χ2v) is 8.36. The first-order valence-corrected chi connectivity index (χ1v) is 8.47. The highest BCUT2D eigenvalue weighted by Crippen LogP contribution is 2.32. The fourth-order valence-corrected chi connectivity index (χ4v) is 4.54. The maximum absolute atomic E-state index is 12.6. The molecule has 4 nitrogen and oxygen atoms in total. The normalized spacial score (nSPS) is 20.0. The fraction of sp³-hybridized carbons (Fsp3) is 0.571. The summed E-state index contributed by atoms with van der Waals surface area (Å²) in [6.45, 7) is 5.03. The number of aliphatic hydroxyl groups excluding tert-OH is 1. The molecular weight excluding hydrogens is 298 g/mol. The molecule has 1 saturated heterocycles. The van der Waals surface area contributed by atoms with Gasteiger partial charge < -0.3 is 5.11 Å². The van der Waals surface area contributed by atoms with Crippen LogP contribution in [0.4, 0.5) is 0 Å². The molecule has 1 heterocycles. The standard InChI is InChI=1S/C14H20ClNO3S/c1-14(2)6-3-7-16(10-14)20(18,19)12-5-4-11(9-17)13(15)8-12/h4-5,8,17H,3,6-7,9-10H2,1-2H3. The van der Waals surface area contributed by atoms with Crippen LogP contribution in [-0.2, 0) is 16.6 Å². The number of aliphatic hydroxyl groups is 1. The highest BCUT2D eigenvalue weighted by atomic mass is 35.5. The first-order chi connectivity index (χ1) is 9.26. The van der Waals surface area contributed by atoms with Crippen LogP contribution in [0, 0.1) is 5.41 Å². The molecule has 112 valence electrons. The van der Waals surface area contributed by atoms with E-state index in [1.54, 1.807) is 6.07 Å². The molecule has 20 heavy (non-hydrogen) atoms. The molecule has 0 unspecified atom stereocenters. The van der Waals surface area contributed by atoms with E-state index in [9.17, 15) is 8.42 Å². The lowest BCUT2D eigenvalue weighted by Gasteiger charge is -2.37. The smallest absolute Gasteiger partial charge is 0.243 e. The van der Waals surface area contributed by atoms with Gasteiger partial charge in [-0.3, -0.25) is 0 Å². The topological polar surface area (TPSA) is 57.6 Å². The number of benzene rings is 1. The van der Waals surface area contributed by atoms with Gasteiger partial charge in [-0.25, -0.2) is 8.42 Å². The average Bonchev–Trinajstić information content (AvgIpc) is 2.37. The van der Waals surface area contributed by atoms with Crippen LogP contribution < -0.4 is 0 Å². The van der Waals surface area contributed by atoms with E-state index in [2.05, 4.69) is 13.8 Å². The third-order valence-corrected chi connectivity index (χ3v) is 5.89. The van der Waals surface area contributed by atoms with Crippen LogP contribution in [0.2, 0.25) is 5.02 Å². The molecule has 1 aliphatic heterocycles. The zero-order chi connectivity index (χ0) is 15.0. The van der Waals surface area contributed by atoms with Crippen LogP contribution >= 0.6 is 11.6 Å². The van der Waals surface area contributed by atoms with Gasteiger partial charge in [0.15, 0.2) is 0 Å². The molecule has 6 heteroatoms. The van der Waals surface area contributed by atoms with Gasteiger partial charge in [0.25, 0.3) is 0 Å². The Morgan fingerprint density at radius 1 is 1.40 bits per heavy atom. The van der Waals surface area contributed by atoms with Crippen molar-refractivity contribution in [2.75, 3.05) is 13.1 Å². The van der Waals surface area contributed by atoms with E-state index in [4.69, 9.17) is 16.7 Å². The van der Waals surface area contributed by atoms with Gasteiger partial charge in [-0.1, -0.05) is 31.5 Å². The van der Waals surface area contributed by atoms with E-state index in [0.29, 0.717) is 18.7 Å². The van der Waals surface area contributed by atoms with Gasteiger partial charge in [0.05, 0.1) is 11.5 Å². The molecule has 0 aromatic heterocycles. The van der Waals surface area contributed by atoms with E-state index in [1.807, 2.05) is 0 Å². The van der Waals surface area contributed by atoms with Gasteiger partial charge in [-0.15, -0.1) is 0 Å². The lowest BCUT2D eigenvalue weighted by Crippen LogP contribution is -2.43. The Kier molecular flexibility index (Phi) is 4.44. The van der Waals surface area contributed by atoms with E-state index in [1.165, 1.54) is 16.4 Å². The minimum atomic E-state index is -3.51. The van der Waals surface area contributed by atoms with Gasteiger partial charge >= 0.3 is 0 Å². The Labute approximate surface area is 125 Å². The SMILES string of the molecule is CC1(C)CCCN(S(=O)(=O)c2ccc(CO)c(Cl)c2)C1. The van der Waals surface area contributed by atoms with E-state index in [-0.39, 0.29) is 21.9 Å². The van der Waals surface area contributed by atoms with E-state index in [0.717, 1.165) is 12.8 Å². The van der Waals surface area contributed by atoms with Crippen molar-refractivity contribution < 1.29 is 13.5 Å². The number of sulfonamides is 1. The second-order valence-electron chi connectivity index (χ2n) is 6.02. The molecule has 2 rings (SSSR count). The van der Waals surface area contributed by atoms with Crippen LogP contribution in [0.5, 0.6) is 0 Å². The fourth-order valence-electron chi connectivity index (χ4n) is 2.54. The molecule has 0 saturated carbocycles. The van der Waals surface area contributed by atoms with Crippen molar-refractivity contribution in [1.29, 1.82) is 0 Å². The quantitative estimate of drug-likeness (QED) is 0.932. The second kappa shape index (κ2) is 5.64. The number of hydrogen-bond donors (Lipinski definition) is 1. The first-order valence-electron chi connectivity index (χ1n) is 6.66. The maximum Gasteiger partial charge on any atom is 0.243 e. The van der Waals surface area contributed by atoms with Crippen molar-refractivity contribution in [2.45, 2.75) is 38.2 Å². The Morgan fingerprint density at radius 2 is 2.10 bits per heavy atom. The molecule has 1 aromatic rings. The number of hydrogen-bond acceptors (Lipinski definition) is 3. The Hall–Kier alpha value is -0.620. The number of nitrogens with zero attached hydrogens (tertiary/aromatic N) is 1. The third kappa shape index (κ3) is 3.17. The minimum absolute atomic E-state index is 0.000153. The zero-order valence-corrected chi connectivity index (χ0v) is 13.3. The Balaban J connectivity index is 2.33. The summed E-state index contributed by atoms with van der Waals surface area (Å²) < 4.78 is 26.8. The van der Waals surface area contributed by atoms with Crippen molar-refractivity contribution in [2.24, 2.45) is 5.41 Å². The molecule has 0 bridgehead atoms. The summed E-state index contributed by atoms with van der Waals surface area (Å²) in [5.41, 5.74) is 0.532. The van der Waals surface area contributed by atoms with Gasteiger partial charge in [0, 0.05) is 18.1 Å². The molecule has 1 N–H and O–H groups in total. The number of piperidine rings is 1. The molecule has 1 aliphatic rings. The van der Waals surface area contributed by atoms with Gasteiger partial charge in [0.2, 0.25) is 10.0 Å². The van der Waals surface area contributed by atoms with Crippen LogP contribution in [0.1, 0.15) is 32.3 Å². The minimum Gasteiger partial charge on any atom is -0.392 e. The van der Waals surface area contributed by atoms with Gasteiger partial charge in [-0.05, 0) is 36.0 Å². The summed E-state index contributed by atoms with van der Waals surface area (Å²) in [5, 5.41) is 9.37. The predicted molar refractivity (Wildman–Crippen MR) is 79.1 cm³/mol. The van der Waals surface area contributed by atoms with Crippen LogP contribution in [0.25, 0.3) is 0 Å². The van der Waals surface area contributed by atoms with E-state index >= 15 is 0 Å². The molecule has 0 amide bonds. The summed E-state index contributed by atoms with van der Waals surface area (Å²) >= 11 is 5.99. The molecule has 1 aromatic carbocycles. The van der Waals surface area contributed by atoms with Crippen LogP contribution in [-0.4, -0.2) is 30.9 Å². The Morgan fingerprint density at radius 3 is 2.65 bits per heavy atom. The Bertz CT molecular complexity index is 598. The summed E-state index contributed by atoms with van der Waals surface area (Å²) in [6.07, 6.45) is 1.90. The summed E-state index contributed by atoms with van der Waals surface area (Å²) in [7, 11) is -3.51. The summed E-state index contributed by atoms with van der Waals surface area (Å²) in [4.78, 5) is 0.192. The predicted octanol–water partition coefficient (Wildman–Crippen LogP) is 2.64. The van der Waals surface area contributed by atoms with Crippen molar-refractivity contribution in [3.8, 4) is 0 Å². The van der Waals surface area contributed by atoms with Crippen molar-refractivity contribution in [3.05, 3.63) is 28.8 Å². The maximum atomic E-state index is 12.6. The monoisotopic (exact) mass is 317 g/mol. The third-order valence-electron chi connectivity index (χ3n) is 3.70. The molecular formula is C14H20ClNO3S. The molecule has 0 spiro atoms. The van der Waals surface area contributed by atoms with Gasteiger partial charge in [-0.2, -0.15) is 4.31 Å². The lowest BCUT2D eigenvalue weighted by molar-refractivity contribution is 0.187. The van der Waals surface area contributed by atoms with E-state index < -0.39 is 10.0 Å². The first kappa shape index (κ1) is 15.8. The molecule has 0 radical (unpaired) electrons. The largest absolute Gasteiger partial charge is 0.392 e. The van der Waals surface area contributed by atoms with Crippen LogP contribution in [0.3, 0.4) is 0 Å². The summed E-state index contributed by atoms with van der Waals surface area (Å²) in [6, 6.07) is 4.49. The van der Waals surface area contributed by atoms with Crippen molar-refractivity contribution in [1.82, 2.24) is 4.31 Å². The highest BCUT2D eigenvalue weighted by Gasteiger charge is 2.34. The van der Waals surface area contributed by atoms with Gasteiger partial charge in [0.1, 0.15) is 0 Å². The van der Waals surface area contributed by atoms with Crippen molar-refractivity contribution >= 4 is 21.6 Å². The molecule has 1 fully saturated rings. The number of rotatable bonds is 3. The lowest BCUT2D eigenvalue weighted by atomic mass is 9.85. The highest BCUT2D eigenvalue weighted by molar-refractivity contribution is 7.89. The van der Waals surface area contributed by atoms with Crippen LogP contribution in [0.15, 0.2) is 23.1 Å². The zero-order valence-electron chi connectivity index (χ0n) is 11.8. The van der Waals surface area contributed by atoms with Crippen molar-refractivity contribution in [3.63, 3.8) is 0 Å². The summed E-state index contributed by atoms with van der Waals surface area (Å²) in [5.74, 6) is 0.